The highest BCUT2D eigenvalue weighted by Gasteiger charge is 2.46. The van der Waals surface area contributed by atoms with E-state index in [1.807, 2.05) is 19.1 Å². The summed E-state index contributed by atoms with van der Waals surface area (Å²) in [4.78, 5) is 14.0. The fraction of sp³-hybridized carbons (Fsp3) is 0.611. The molecule has 120 valence electrons. The van der Waals surface area contributed by atoms with E-state index in [1.54, 1.807) is 0 Å². The number of nitrogen functional groups attached to an aromatic ring is 1. The van der Waals surface area contributed by atoms with Gasteiger partial charge in [-0.1, -0.05) is 0 Å². The minimum atomic E-state index is -0.0262. The van der Waals surface area contributed by atoms with Crippen molar-refractivity contribution in [3.8, 4) is 0 Å². The Morgan fingerprint density at radius 2 is 1.91 bits per heavy atom. The third kappa shape index (κ3) is 3.21. The second kappa shape index (κ2) is 6.19. The van der Waals surface area contributed by atoms with Crippen molar-refractivity contribution < 1.29 is 9.53 Å². The maximum atomic E-state index is 11.5. The molecule has 2 aliphatic rings. The van der Waals surface area contributed by atoms with Crippen molar-refractivity contribution in [2.24, 2.45) is 11.3 Å². The molecule has 1 saturated heterocycles. The van der Waals surface area contributed by atoms with Gasteiger partial charge in [0.05, 0.1) is 6.61 Å². The maximum absolute atomic E-state index is 11.5. The molecule has 4 nitrogen and oxygen atoms in total. The molecule has 22 heavy (non-hydrogen) atoms. The van der Waals surface area contributed by atoms with E-state index >= 15 is 0 Å². The Morgan fingerprint density at radius 3 is 2.50 bits per heavy atom. The largest absolute Gasteiger partial charge is 0.466 e. The molecule has 0 aromatic heterocycles. The first-order valence-electron chi connectivity index (χ1n) is 8.36. The Kier molecular flexibility index (Phi) is 4.27. The van der Waals surface area contributed by atoms with Gasteiger partial charge in [-0.15, -0.1) is 0 Å². The summed E-state index contributed by atoms with van der Waals surface area (Å²) in [5, 5.41) is 0. The van der Waals surface area contributed by atoms with E-state index in [2.05, 4.69) is 17.0 Å². The monoisotopic (exact) mass is 302 g/mol. The van der Waals surface area contributed by atoms with Gasteiger partial charge in [0, 0.05) is 30.9 Å². The van der Waals surface area contributed by atoms with Crippen molar-refractivity contribution in [3.05, 3.63) is 24.3 Å². The molecule has 2 N–H and O–H groups in total. The van der Waals surface area contributed by atoms with Crippen LogP contribution in [0.3, 0.4) is 0 Å². The number of benzene rings is 1. The molecular formula is C18H26N2O2. The molecule has 1 aliphatic heterocycles. The van der Waals surface area contributed by atoms with Crippen LogP contribution in [0.2, 0.25) is 0 Å². The minimum Gasteiger partial charge on any atom is -0.466 e. The highest BCUT2D eigenvalue weighted by molar-refractivity contribution is 5.69. The molecule has 1 saturated carbocycles. The lowest BCUT2D eigenvalue weighted by molar-refractivity contribution is -0.146. The number of nitrogens with zero attached hydrogens (tertiary/aromatic N) is 1. The van der Waals surface area contributed by atoms with E-state index in [0.717, 1.165) is 18.8 Å². The molecule has 4 heteroatoms. The summed E-state index contributed by atoms with van der Waals surface area (Å²) in [5.74, 6) is 0.517. The summed E-state index contributed by atoms with van der Waals surface area (Å²) in [6.45, 7) is 4.58. The van der Waals surface area contributed by atoms with Crippen LogP contribution in [0.1, 0.15) is 39.0 Å². The first kappa shape index (κ1) is 15.2. The minimum absolute atomic E-state index is 0.0262. The van der Waals surface area contributed by atoms with Gasteiger partial charge in [-0.05, 0) is 68.2 Å². The number of esters is 1. The van der Waals surface area contributed by atoms with Gasteiger partial charge in [0.15, 0.2) is 0 Å². The second-order valence-electron chi connectivity index (χ2n) is 6.86. The van der Waals surface area contributed by atoms with Gasteiger partial charge >= 0.3 is 5.97 Å². The molecule has 0 radical (unpaired) electrons. The van der Waals surface area contributed by atoms with Crippen LogP contribution in [-0.2, 0) is 9.53 Å². The highest BCUT2D eigenvalue weighted by atomic mass is 16.5. The summed E-state index contributed by atoms with van der Waals surface area (Å²) in [5.41, 5.74) is 8.33. The van der Waals surface area contributed by atoms with Crippen LogP contribution >= 0.6 is 0 Å². The fourth-order valence-electron chi connectivity index (χ4n) is 4.10. The molecule has 0 unspecified atom stereocenters. The number of piperidine rings is 1. The number of nitrogens with two attached hydrogens (primary N) is 1. The van der Waals surface area contributed by atoms with Gasteiger partial charge in [-0.25, -0.2) is 0 Å². The molecule has 1 aromatic rings. The topological polar surface area (TPSA) is 55.6 Å². The number of hydrogen-bond acceptors (Lipinski definition) is 4. The molecule has 3 rings (SSSR count). The standard InChI is InChI=1S/C18H26N2O2/c1-2-22-17(21)11-14-12-18(13-14)7-9-20(10-8-18)16-5-3-15(19)4-6-16/h3-6,14H,2,7-13,19H2,1H3. The zero-order chi connectivity index (χ0) is 15.6. The van der Waals surface area contributed by atoms with Gasteiger partial charge in [0.2, 0.25) is 0 Å². The number of carbonyl (C=O) groups excluding carboxylic acids is 1. The van der Waals surface area contributed by atoms with Crippen LogP contribution in [0, 0.1) is 11.3 Å². The third-order valence-electron chi connectivity index (χ3n) is 5.29. The van der Waals surface area contributed by atoms with Gasteiger partial charge in [0.25, 0.3) is 0 Å². The number of anilines is 2. The molecule has 0 atom stereocenters. The number of hydrogen-bond donors (Lipinski definition) is 1. The van der Waals surface area contributed by atoms with Crippen molar-refractivity contribution in [2.45, 2.75) is 39.0 Å². The lowest BCUT2D eigenvalue weighted by Gasteiger charge is -2.52. The van der Waals surface area contributed by atoms with Crippen LogP contribution < -0.4 is 10.6 Å². The zero-order valence-corrected chi connectivity index (χ0v) is 13.4. The number of ether oxygens (including phenoxy) is 1. The average molecular weight is 302 g/mol. The van der Waals surface area contributed by atoms with E-state index in [4.69, 9.17) is 10.5 Å². The van der Waals surface area contributed by atoms with E-state index in [1.165, 1.54) is 31.4 Å². The van der Waals surface area contributed by atoms with Crippen molar-refractivity contribution in [1.82, 2.24) is 0 Å². The maximum Gasteiger partial charge on any atom is 0.306 e. The SMILES string of the molecule is CCOC(=O)CC1CC2(CCN(c3ccc(N)cc3)CC2)C1. The van der Waals surface area contributed by atoms with Gasteiger partial charge in [-0.3, -0.25) is 4.79 Å². The number of rotatable bonds is 4. The quantitative estimate of drug-likeness (QED) is 0.685. The first-order chi connectivity index (χ1) is 10.6. The van der Waals surface area contributed by atoms with Crippen LogP contribution in [0.5, 0.6) is 0 Å². The van der Waals surface area contributed by atoms with Gasteiger partial charge < -0.3 is 15.4 Å². The number of carbonyl (C=O) groups is 1. The van der Waals surface area contributed by atoms with E-state index in [-0.39, 0.29) is 5.97 Å². The Morgan fingerprint density at radius 1 is 1.27 bits per heavy atom. The summed E-state index contributed by atoms with van der Waals surface area (Å²) in [6.07, 6.45) is 5.47. The third-order valence-corrected chi connectivity index (χ3v) is 5.29. The Hall–Kier alpha value is -1.71. The molecule has 2 fully saturated rings. The summed E-state index contributed by atoms with van der Waals surface area (Å²) in [6, 6.07) is 8.16. The normalized spacial score (nSPS) is 20.7. The molecule has 1 heterocycles. The lowest BCUT2D eigenvalue weighted by atomic mass is 9.57. The van der Waals surface area contributed by atoms with Crippen molar-refractivity contribution in [1.29, 1.82) is 0 Å². The average Bonchev–Trinajstić information content (AvgIpc) is 2.48. The van der Waals surface area contributed by atoms with Crippen LogP contribution in [0.4, 0.5) is 11.4 Å². The fourth-order valence-corrected chi connectivity index (χ4v) is 4.10. The molecule has 1 spiro atoms. The lowest BCUT2D eigenvalue weighted by Crippen LogP contribution is -2.47. The summed E-state index contributed by atoms with van der Waals surface area (Å²) in [7, 11) is 0. The molecule has 1 aliphatic carbocycles. The Labute approximate surface area is 132 Å². The van der Waals surface area contributed by atoms with Crippen molar-refractivity contribution in [3.63, 3.8) is 0 Å². The molecular weight excluding hydrogens is 276 g/mol. The smallest absolute Gasteiger partial charge is 0.306 e. The zero-order valence-electron chi connectivity index (χ0n) is 13.4. The molecule has 0 amide bonds. The van der Waals surface area contributed by atoms with E-state index in [0.29, 0.717) is 24.4 Å². The van der Waals surface area contributed by atoms with Gasteiger partial charge in [-0.2, -0.15) is 0 Å². The van der Waals surface area contributed by atoms with E-state index in [9.17, 15) is 4.79 Å². The van der Waals surface area contributed by atoms with Crippen LogP contribution in [-0.4, -0.2) is 25.7 Å². The Bertz CT molecular complexity index is 510. The predicted octanol–water partition coefficient (Wildman–Crippen LogP) is 3.22. The van der Waals surface area contributed by atoms with Crippen molar-refractivity contribution in [2.75, 3.05) is 30.3 Å². The molecule has 0 bridgehead atoms. The van der Waals surface area contributed by atoms with Crippen molar-refractivity contribution >= 4 is 17.3 Å². The second-order valence-corrected chi connectivity index (χ2v) is 6.86. The predicted molar refractivity (Wildman–Crippen MR) is 88.7 cm³/mol. The summed E-state index contributed by atoms with van der Waals surface area (Å²) < 4.78 is 5.05. The van der Waals surface area contributed by atoms with E-state index < -0.39 is 0 Å². The van der Waals surface area contributed by atoms with Crippen LogP contribution in [0.25, 0.3) is 0 Å². The summed E-state index contributed by atoms with van der Waals surface area (Å²) >= 11 is 0. The van der Waals surface area contributed by atoms with Crippen LogP contribution in [0.15, 0.2) is 24.3 Å². The first-order valence-corrected chi connectivity index (χ1v) is 8.36. The molecule has 1 aromatic carbocycles. The van der Waals surface area contributed by atoms with Gasteiger partial charge in [0.1, 0.15) is 0 Å². The Balaban J connectivity index is 1.47. The highest BCUT2D eigenvalue weighted by Crippen LogP contribution is 2.54.